The van der Waals surface area contributed by atoms with Gasteiger partial charge < -0.3 is 0 Å². The lowest BCUT2D eigenvalue weighted by molar-refractivity contribution is 0.472. The first kappa shape index (κ1) is 11.3. The molecule has 1 saturated carbocycles. The van der Waals surface area contributed by atoms with Crippen LogP contribution in [0.15, 0.2) is 24.3 Å². The Morgan fingerprint density at radius 1 is 1.33 bits per heavy atom. The fourth-order valence-electron chi connectivity index (χ4n) is 2.92. The maximum Gasteiger partial charge on any atom is 0.0521 e. The molecule has 2 rings (SSSR count). The molecule has 0 aromatic rings. The second kappa shape index (κ2) is 5.21. The van der Waals surface area contributed by atoms with Crippen molar-refractivity contribution < 1.29 is 0 Å². The van der Waals surface area contributed by atoms with Crippen LogP contribution >= 0.6 is 11.6 Å². The summed E-state index contributed by atoms with van der Waals surface area (Å²) in [5.74, 6) is 1.58. The summed E-state index contributed by atoms with van der Waals surface area (Å²) in [5.41, 5.74) is 1.46. The van der Waals surface area contributed by atoms with Gasteiger partial charge in [-0.15, -0.1) is 11.6 Å². The summed E-state index contributed by atoms with van der Waals surface area (Å²) in [5, 5.41) is 0.240. The number of hydrogen-bond donors (Lipinski definition) is 0. The first-order chi connectivity index (χ1) is 7.25. The lowest BCUT2D eigenvalue weighted by Gasteiger charge is -2.25. The average molecular weight is 225 g/mol. The third-order valence-electron chi connectivity index (χ3n) is 3.88. The maximum absolute atomic E-state index is 6.14. The van der Waals surface area contributed by atoms with Crippen molar-refractivity contribution in [1.29, 1.82) is 0 Å². The van der Waals surface area contributed by atoms with Crippen molar-refractivity contribution in [3.63, 3.8) is 0 Å². The van der Waals surface area contributed by atoms with Crippen molar-refractivity contribution in [1.82, 2.24) is 0 Å². The Morgan fingerprint density at radius 2 is 2.07 bits per heavy atom. The van der Waals surface area contributed by atoms with Gasteiger partial charge in [0.1, 0.15) is 0 Å². The molecule has 0 heterocycles. The van der Waals surface area contributed by atoms with Crippen molar-refractivity contribution in [2.24, 2.45) is 11.8 Å². The van der Waals surface area contributed by atoms with Crippen molar-refractivity contribution >= 4 is 11.6 Å². The Labute approximate surface area is 98.4 Å². The van der Waals surface area contributed by atoms with Gasteiger partial charge in [0.25, 0.3) is 0 Å². The molecule has 2 aliphatic rings. The predicted molar refractivity (Wildman–Crippen MR) is 67.2 cm³/mol. The topological polar surface area (TPSA) is 0 Å². The van der Waals surface area contributed by atoms with Crippen LogP contribution in [0.4, 0.5) is 0 Å². The van der Waals surface area contributed by atoms with E-state index in [1.165, 1.54) is 37.7 Å². The van der Waals surface area contributed by atoms with Gasteiger partial charge in [-0.2, -0.15) is 0 Å². The number of allylic oxidation sites excluding steroid dienone is 3. The molecule has 0 nitrogen and oxygen atoms in total. The van der Waals surface area contributed by atoms with Crippen molar-refractivity contribution in [3.05, 3.63) is 24.3 Å². The Kier molecular flexibility index (Phi) is 3.91. The van der Waals surface area contributed by atoms with Crippen molar-refractivity contribution in [2.75, 3.05) is 0 Å². The van der Waals surface area contributed by atoms with E-state index in [-0.39, 0.29) is 5.38 Å². The van der Waals surface area contributed by atoms with Crippen LogP contribution in [0.1, 0.15) is 44.9 Å². The highest BCUT2D eigenvalue weighted by Crippen LogP contribution is 2.35. The third kappa shape index (κ3) is 3.11. The molecule has 0 amide bonds. The molecule has 84 valence electrons. The van der Waals surface area contributed by atoms with E-state index in [4.69, 9.17) is 11.6 Å². The molecule has 0 aromatic heterocycles. The lowest BCUT2D eigenvalue weighted by Crippen LogP contribution is -2.14. The van der Waals surface area contributed by atoms with Gasteiger partial charge in [-0.05, 0) is 31.1 Å². The molecule has 0 bridgehead atoms. The van der Waals surface area contributed by atoms with Gasteiger partial charge in [0, 0.05) is 0 Å². The quantitative estimate of drug-likeness (QED) is 0.482. The minimum atomic E-state index is 0.240. The van der Waals surface area contributed by atoms with E-state index in [1.54, 1.807) is 0 Å². The summed E-state index contributed by atoms with van der Waals surface area (Å²) in [4.78, 5) is 0. The fraction of sp³-hybridized carbons (Fsp3) is 0.714. The summed E-state index contributed by atoms with van der Waals surface area (Å²) in [6.45, 7) is 4.28. The molecule has 15 heavy (non-hydrogen) atoms. The van der Waals surface area contributed by atoms with E-state index in [0.717, 1.165) is 18.8 Å². The maximum atomic E-state index is 6.14. The minimum absolute atomic E-state index is 0.240. The molecule has 1 heteroatoms. The zero-order valence-corrected chi connectivity index (χ0v) is 10.2. The normalized spacial score (nSPS) is 32.1. The fourth-order valence-corrected chi connectivity index (χ4v) is 3.24. The molecule has 2 atom stereocenters. The van der Waals surface area contributed by atoms with Crippen LogP contribution in [0.2, 0.25) is 0 Å². The van der Waals surface area contributed by atoms with Crippen LogP contribution in [-0.2, 0) is 0 Å². The van der Waals surface area contributed by atoms with Crippen LogP contribution < -0.4 is 0 Å². The standard InChI is InChI=1S/C14H21Cl/c1-11(9-12-5-2-3-6-12)13-7-4-8-14(15)10-13/h4,8,12-14H,1-3,5-7,9-10H2. The SMILES string of the molecule is C=C(CC1CCCC1)C1CC=CC(Cl)C1. The van der Waals surface area contributed by atoms with Gasteiger partial charge >= 0.3 is 0 Å². The molecule has 0 N–H and O–H groups in total. The summed E-state index contributed by atoms with van der Waals surface area (Å²) in [7, 11) is 0. The molecule has 2 unspecified atom stereocenters. The smallest absolute Gasteiger partial charge is 0.0521 e. The molecule has 2 aliphatic carbocycles. The molecule has 1 fully saturated rings. The molecular weight excluding hydrogens is 204 g/mol. The molecule has 0 spiro atoms. The summed E-state index contributed by atoms with van der Waals surface area (Å²) >= 11 is 6.14. The molecule has 0 saturated heterocycles. The van der Waals surface area contributed by atoms with Gasteiger partial charge in [-0.1, -0.05) is 50.0 Å². The van der Waals surface area contributed by atoms with E-state index >= 15 is 0 Å². The van der Waals surface area contributed by atoms with Crippen molar-refractivity contribution in [3.8, 4) is 0 Å². The van der Waals surface area contributed by atoms with Gasteiger partial charge in [0.2, 0.25) is 0 Å². The molecule has 0 aromatic carbocycles. The third-order valence-corrected chi connectivity index (χ3v) is 4.20. The first-order valence-corrected chi connectivity index (χ1v) is 6.67. The summed E-state index contributed by atoms with van der Waals surface area (Å²) in [6.07, 6.45) is 13.6. The zero-order valence-electron chi connectivity index (χ0n) is 9.42. The zero-order chi connectivity index (χ0) is 10.7. The van der Waals surface area contributed by atoms with Gasteiger partial charge in [-0.3, -0.25) is 0 Å². The largest absolute Gasteiger partial charge is 0.118 e. The number of rotatable bonds is 3. The molecular formula is C14H21Cl. The summed E-state index contributed by atoms with van der Waals surface area (Å²) < 4.78 is 0. The van der Waals surface area contributed by atoms with Gasteiger partial charge in [-0.25, -0.2) is 0 Å². The Morgan fingerprint density at radius 3 is 2.73 bits per heavy atom. The van der Waals surface area contributed by atoms with Crippen LogP contribution in [0.5, 0.6) is 0 Å². The van der Waals surface area contributed by atoms with Crippen LogP contribution in [-0.4, -0.2) is 5.38 Å². The molecule has 0 radical (unpaired) electrons. The van der Waals surface area contributed by atoms with E-state index in [9.17, 15) is 0 Å². The van der Waals surface area contributed by atoms with E-state index in [0.29, 0.717) is 5.92 Å². The second-order valence-electron chi connectivity index (χ2n) is 5.13. The van der Waals surface area contributed by atoms with Crippen LogP contribution in [0, 0.1) is 11.8 Å². The highest BCUT2D eigenvalue weighted by atomic mass is 35.5. The highest BCUT2D eigenvalue weighted by molar-refractivity contribution is 6.21. The van der Waals surface area contributed by atoms with E-state index < -0.39 is 0 Å². The van der Waals surface area contributed by atoms with Crippen molar-refractivity contribution in [2.45, 2.75) is 50.3 Å². The number of hydrogen-bond acceptors (Lipinski definition) is 0. The van der Waals surface area contributed by atoms with E-state index in [1.807, 2.05) is 0 Å². The van der Waals surface area contributed by atoms with Crippen LogP contribution in [0.25, 0.3) is 0 Å². The second-order valence-corrected chi connectivity index (χ2v) is 5.69. The van der Waals surface area contributed by atoms with E-state index in [2.05, 4.69) is 18.7 Å². The highest BCUT2D eigenvalue weighted by Gasteiger charge is 2.22. The Balaban J connectivity index is 1.82. The Bertz CT molecular complexity index is 248. The Hall–Kier alpha value is -0.230. The molecule has 0 aliphatic heterocycles. The minimum Gasteiger partial charge on any atom is -0.118 e. The van der Waals surface area contributed by atoms with Gasteiger partial charge in [0.05, 0.1) is 5.38 Å². The van der Waals surface area contributed by atoms with Crippen LogP contribution in [0.3, 0.4) is 0 Å². The average Bonchev–Trinajstić information content (AvgIpc) is 2.70. The number of halogens is 1. The predicted octanol–water partition coefficient (Wildman–Crippen LogP) is 4.70. The first-order valence-electron chi connectivity index (χ1n) is 6.24. The lowest BCUT2D eigenvalue weighted by atomic mass is 9.83. The monoisotopic (exact) mass is 224 g/mol. The summed E-state index contributed by atoms with van der Waals surface area (Å²) in [6, 6.07) is 0. The number of alkyl halides is 1. The van der Waals surface area contributed by atoms with Gasteiger partial charge in [0.15, 0.2) is 0 Å².